The number of nitrogens with one attached hydrogen (secondary N) is 1. The van der Waals surface area contributed by atoms with Gasteiger partial charge in [-0.3, -0.25) is 0 Å². The minimum atomic E-state index is -0.548. The molecule has 0 heterocycles. The molecule has 0 atom stereocenters. The molecule has 0 amide bonds. The first-order chi connectivity index (χ1) is 9.17. The Hall–Kier alpha value is -1.09. The van der Waals surface area contributed by atoms with Crippen molar-refractivity contribution in [3.63, 3.8) is 0 Å². The summed E-state index contributed by atoms with van der Waals surface area (Å²) in [5.41, 5.74) is 1.57. The summed E-state index contributed by atoms with van der Waals surface area (Å²) in [6.07, 6.45) is 3.54. The largest absolute Gasteiger partial charge is 0.505 e. The Kier molecular flexibility index (Phi) is 4.10. The van der Waals surface area contributed by atoms with E-state index in [-0.39, 0.29) is 5.75 Å². The molecule has 0 aromatic heterocycles. The molecular formula is C17H26FNO. The summed E-state index contributed by atoms with van der Waals surface area (Å²) < 4.78 is 13.3. The number of rotatable bonds is 3. The van der Waals surface area contributed by atoms with E-state index in [4.69, 9.17) is 0 Å². The lowest BCUT2D eigenvalue weighted by molar-refractivity contribution is 0.0845. The lowest BCUT2D eigenvalue weighted by Crippen LogP contribution is -2.43. The smallest absolute Gasteiger partial charge is 0.165 e. The van der Waals surface area contributed by atoms with Crippen LogP contribution in [0.5, 0.6) is 5.75 Å². The molecule has 20 heavy (non-hydrogen) atoms. The Morgan fingerprint density at radius 2 is 1.80 bits per heavy atom. The molecule has 0 unspecified atom stereocenters. The van der Waals surface area contributed by atoms with E-state index in [1.54, 1.807) is 6.07 Å². The maximum atomic E-state index is 13.3. The molecule has 112 valence electrons. The fourth-order valence-corrected chi connectivity index (χ4v) is 3.91. The SMILES string of the molecule is CC1(C)CC(NCc2ccc(O)c(F)c2)CC(C)(C)C1. The fraction of sp³-hybridized carbons (Fsp3) is 0.647. The van der Waals surface area contributed by atoms with Gasteiger partial charge in [-0.05, 0) is 47.8 Å². The summed E-state index contributed by atoms with van der Waals surface area (Å²) in [5, 5.41) is 12.7. The molecule has 1 aliphatic rings. The quantitative estimate of drug-likeness (QED) is 0.868. The highest BCUT2D eigenvalue weighted by Gasteiger charge is 2.38. The fourth-order valence-electron chi connectivity index (χ4n) is 3.91. The minimum absolute atomic E-state index is 0.284. The van der Waals surface area contributed by atoms with E-state index in [1.807, 2.05) is 0 Å². The summed E-state index contributed by atoms with van der Waals surface area (Å²) >= 11 is 0. The topological polar surface area (TPSA) is 32.3 Å². The average Bonchev–Trinajstić information content (AvgIpc) is 2.27. The Bertz CT molecular complexity index is 466. The number of halogens is 1. The Balaban J connectivity index is 1.98. The van der Waals surface area contributed by atoms with E-state index in [1.165, 1.54) is 18.6 Å². The van der Waals surface area contributed by atoms with Crippen molar-refractivity contribution >= 4 is 0 Å². The van der Waals surface area contributed by atoms with Gasteiger partial charge in [-0.25, -0.2) is 4.39 Å². The second-order valence-corrected chi connectivity index (χ2v) is 7.78. The summed E-state index contributed by atoms with van der Waals surface area (Å²) in [7, 11) is 0. The van der Waals surface area contributed by atoms with E-state index in [0.717, 1.165) is 18.4 Å². The van der Waals surface area contributed by atoms with Crippen LogP contribution in [0.2, 0.25) is 0 Å². The molecule has 1 fully saturated rings. The first-order valence-corrected chi connectivity index (χ1v) is 7.38. The Morgan fingerprint density at radius 3 is 2.35 bits per heavy atom. The molecule has 2 nitrogen and oxygen atoms in total. The van der Waals surface area contributed by atoms with Gasteiger partial charge in [-0.1, -0.05) is 33.8 Å². The van der Waals surface area contributed by atoms with Crippen LogP contribution < -0.4 is 5.32 Å². The van der Waals surface area contributed by atoms with Crippen molar-refractivity contribution in [1.29, 1.82) is 0 Å². The zero-order chi connectivity index (χ0) is 15.0. The van der Waals surface area contributed by atoms with E-state index in [0.29, 0.717) is 23.4 Å². The van der Waals surface area contributed by atoms with E-state index in [2.05, 4.69) is 33.0 Å². The molecule has 0 saturated heterocycles. The monoisotopic (exact) mass is 279 g/mol. The van der Waals surface area contributed by atoms with Gasteiger partial charge < -0.3 is 10.4 Å². The van der Waals surface area contributed by atoms with E-state index < -0.39 is 5.82 Å². The molecule has 0 aliphatic heterocycles. The predicted molar refractivity (Wildman–Crippen MR) is 80.1 cm³/mol. The second kappa shape index (κ2) is 5.36. The van der Waals surface area contributed by atoms with Crippen LogP contribution >= 0.6 is 0 Å². The van der Waals surface area contributed by atoms with Gasteiger partial charge in [-0.2, -0.15) is 0 Å². The number of benzene rings is 1. The average molecular weight is 279 g/mol. The predicted octanol–water partition coefficient (Wildman–Crippen LogP) is 4.23. The van der Waals surface area contributed by atoms with Crippen LogP contribution in [0.4, 0.5) is 4.39 Å². The molecule has 2 rings (SSSR count). The minimum Gasteiger partial charge on any atom is -0.505 e. The molecule has 0 spiro atoms. The number of hydrogen-bond donors (Lipinski definition) is 2. The zero-order valence-corrected chi connectivity index (χ0v) is 13.0. The third-order valence-corrected chi connectivity index (χ3v) is 4.16. The molecule has 1 saturated carbocycles. The number of hydrogen-bond acceptors (Lipinski definition) is 2. The molecule has 1 aromatic rings. The first-order valence-electron chi connectivity index (χ1n) is 7.38. The van der Waals surface area contributed by atoms with Crippen LogP contribution in [-0.2, 0) is 6.54 Å². The second-order valence-electron chi connectivity index (χ2n) is 7.78. The van der Waals surface area contributed by atoms with Crippen molar-refractivity contribution in [3.8, 4) is 5.75 Å². The summed E-state index contributed by atoms with van der Waals surface area (Å²) in [4.78, 5) is 0. The molecule has 1 aliphatic carbocycles. The maximum absolute atomic E-state index is 13.3. The van der Waals surface area contributed by atoms with Crippen LogP contribution in [0.15, 0.2) is 18.2 Å². The summed E-state index contributed by atoms with van der Waals surface area (Å²) in [6.45, 7) is 9.94. The lowest BCUT2D eigenvalue weighted by atomic mass is 9.63. The normalized spacial score (nSPS) is 21.9. The third kappa shape index (κ3) is 3.95. The molecule has 2 N–H and O–H groups in total. The van der Waals surface area contributed by atoms with Gasteiger partial charge >= 0.3 is 0 Å². The number of phenolic OH excluding ortho intramolecular Hbond substituents is 1. The van der Waals surface area contributed by atoms with Crippen molar-refractivity contribution in [3.05, 3.63) is 29.6 Å². The molecule has 1 aromatic carbocycles. The van der Waals surface area contributed by atoms with Crippen molar-refractivity contribution < 1.29 is 9.50 Å². The van der Waals surface area contributed by atoms with Gasteiger partial charge in [0.25, 0.3) is 0 Å². The number of aromatic hydroxyl groups is 1. The van der Waals surface area contributed by atoms with Gasteiger partial charge in [0, 0.05) is 12.6 Å². The van der Waals surface area contributed by atoms with Crippen molar-refractivity contribution in [2.45, 2.75) is 59.5 Å². The standard InChI is InChI=1S/C17H26FNO/c1-16(2)8-13(9-17(3,4)11-16)19-10-12-5-6-15(20)14(18)7-12/h5-7,13,19-20H,8-11H2,1-4H3. The summed E-state index contributed by atoms with van der Waals surface area (Å²) in [6, 6.07) is 5.05. The highest BCUT2D eigenvalue weighted by atomic mass is 19.1. The van der Waals surface area contributed by atoms with Crippen molar-refractivity contribution in [2.75, 3.05) is 0 Å². The highest BCUT2D eigenvalue weighted by molar-refractivity contribution is 5.27. The molecule has 3 heteroatoms. The van der Waals surface area contributed by atoms with E-state index >= 15 is 0 Å². The Labute approximate surface area is 121 Å². The zero-order valence-electron chi connectivity index (χ0n) is 13.0. The van der Waals surface area contributed by atoms with Crippen LogP contribution in [0.1, 0.15) is 52.5 Å². The highest BCUT2D eigenvalue weighted by Crippen LogP contribution is 2.45. The number of phenols is 1. The van der Waals surface area contributed by atoms with Gasteiger partial charge in [0.2, 0.25) is 0 Å². The summed E-state index contributed by atoms with van der Waals surface area (Å²) in [5.74, 6) is -0.831. The van der Waals surface area contributed by atoms with Gasteiger partial charge in [0.15, 0.2) is 11.6 Å². The first kappa shape index (κ1) is 15.3. The molecule has 0 radical (unpaired) electrons. The molecule has 0 bridgehead atoms. The van der Waals surface area contributed by atoms with Crippen molar-refractivity contribution in [2.24, 2.45) is 10.8 Å². The lowest BCUT2D eigenvalue weighted by Gasteiger charge is -2.45. The Morgan fingerprint density at radius 1 is 1.20 bits per heavy atom. The van der Waals surface area contributed by atoms with Gasteiger partial charge in [0.1, 0.15) is 0 Å². The molecular weight excluding hydrogens is 253 g/mol. The van der Waals surface area contributed by atoms with Crippen molar-refractivity contribution in [1.82, 2.24) is 5.32 Å². The third-order valence-electron chi connectivity index (χ3n) is 4.16. The maximum Gasteiger partial charge on any atom is 0.165 e. The van der Waals surface area contributed by atoms with Gasteiger partial charge in [0.05, 0.1) is 0 Å². The van der Waals surface area contributed by atoms with Crippen LogP contribution in [0.3, 0.4) is 0 Å². The van der Waals surface area contributed by atoms with E-state index in [9.17, 15) is 9.50 Å². The van der Waals surface area contributed by atoms with Crippen LogP contribution in [-0.4, -0.2) is 11.1 Å². The van der Waals surface area contributed by atoms with Gasteiger partial charge in [-0.15, -0.1) is 0 Å². The van der Waals surface area contributed by atoms with Crippen LogP contribution in [0, 0.1) is 16.6 Å². The van der Waals surface area contributed by atoms with Crippen LogP contribution in [0.25, 0.3) is 0 Å².